The van der Waals surface area contributed by atoms with Gasteiger partial charge in [-0.2, -0.15) is 0 Å². The zero-order chi connectivity index (χ0) is 22.1. The SMILES string of the molecule is COC(=O)CC1CCCc2c1n(Cc1ccc(C(=O)OC)cc1)c1c(F)cc(F)cc21. The van der Waals surface area contributed by atoms with Gasteiger partial charge in [-0.3, -0.25) is 4.79 Å². The number of ether oxygens (including phenoxy) is 2. The summed E-state index contributed by atoms with van der Waals surface area (Å²) in [7, 11) is 2.66. The quantitative estimate of drug-likeness (QED) is 0.552. The van der Waals surface area contributed by atoms with Crippen LogP contribution in [0.3, 0.4) is 0 Å². The van der Waals surface area contributed by atoms with Crippen molar-refractivity contribution in [2.75, 3.05) is 14.2 Å². The largest absolute Gasteiger partial charge is 0.469 e. The van der Waals surface area contributed by atoms with Gasteiger partial charge in [0.1, 0.15) is 11.6 Å². The summed E-state index contributed by atoms with van der Waals surface area (Å²) in [6.45, 7) is 0.327. The van der Waals surface area contributed by atoms with Crippen molar-refractivity contribution in [3.05, 3.63) is 70.4 Å². The second-order valence-electron chi connectivity index (χ2n) is 7.79. The number of hydrogen-bond acceptors (Lipinski definition) is 4. The maximum absolute atomic E-state index is 15.0. The van der Waals surface area contributed by atoms with E-state index in [9.17, 15) is 18.4 Å². The topological polar surface area (TPSA) is 57.5 Å². The third kappa shape index (κ3) is 3.92. The molecule has 0 amide bonds. The molecule has 3 aromatic rings. The Morgan fingerprint density at radius 1 is 1.10 bits per heavy atom. The van der Waals surface area contributed by atoms with Crippen LogP contribution in [0.2, 0.25) is 0 Å². The number of aromatic nitrogens is 1. The lowest BCUT2D eigenvalue weighted by Crippen LogP contribution is -2.18. The van der Waals surface area contributed by atoms with Crippen LogP contribution in [0, 0.1) is 11.6 Å². The van der Waals surface area contributed by atoms with E-state index in [1.807, 2.05) is 4.57 Å². The number of methoxy groups -OCH3 is 2. The molecule has 1 aliphatic carbocycles. The van der Waals surface area contributed by atoms with Crippen LogP contribution in [0.4, 0.5) is 8.78 Å². The average molecular weight is 427 g/mol. The normalized spacial score (nSPS) is 15.5. The first-order valence-corrected chi connectivity index (χ1v) is 10.2. The number of halogens is 2. The first-order chi connectivity index (χ1) is 14.9. The first-order valence-electron chi connectivity index (χ1n) is 10.2. The molecule has 0 saturated carbocycles. The van der Waals surface area contributed by atoms with Crippen molar-refractivity contribution < 1.29 is 27.8 Å². The molecule has 0 spiro atoms. The molecule has 0 saturated heterocycles. The Morgan fingerprint density at radius 3 is 2.52 bits per heavy atom. The Bertz CT molecular complexity index is 1150. The Morgan fingerprint density at radius 2 is 1.84 bits per heavy atom. The average Bonchev–Trinajstić information content (AvgIpc) is 3.08. The van der Waals surface area contributed by atoms with Crippen molar-refractivity contribution >= 4 is 22.8 Å². The molecule has 1 aliphatic rings. The summed E-state index contributed by atoms with van der Waals surface area (Å²) in [5, 5.41) is 0.549. The first kappa shape index (κ1) is 21.0. The second-order valence-corrected chi connectivity index (χ2v) is 7.79. The minimum absolute atomic E-state index is 0.139. The molecular weight excluding hydrogens is 404 g/mol. The summed E-state index contributed by atoms with van der Waals surface area (Å²) >= 11 is 0. The minimum atomic E-state index is -0.632. The third-order valence-electron chi connectivity index (χ3n) is 5.95. The van der Waals surface area contributed by atoms with Gasteiger partial charge in [0.05, 0.1) is 31.7 Å². The van der Waals surface area contributed by atoms with Crippen molar-refractivity contribution in [1.82, 2.24) is 4.57 Å². The zero-order valence-electron chi connectivity index (χ0n) is 17.4. The van der Waals surface area contributed by atoms with E-state index < -0.39 is 17.6 Å². The summed E-state index contributed by atoms with van der Waals surface area (Å²) in [4.78, 5) is 23.7. The lowest BCUT2D eigenvalue weighted by atomic mass is 9.84. The highest BCUT2D eigenvalue weighted by atomic mass is 19.1. The smallest absolute Gasteiger partial charge is 0.337 e. The van der Waals surface area contributed by atoms with E-state index in [-0.39, 0.29) is 18.3 Å². The molecule has 7 heteroatoms. The molecule has 31 heavy (non-hydrogen) atoms. The fourth-order valence-corrected chi connectivity index (χ4v) is 4.58. The van der Waals surface area contributed by atoms with Crippen molar-refractivity contribution in [2.45, 2.75) is 38.1 Å². The Balaban J connectivity index is 1.84. The number of fused-ring (bicyclic) bond motifs is 3. The predicted octanol–water partition coefficient (Wildman–Crippen LogP) is 4.74. The summed E-state index contributed by atoms with van der Waals surface area (Å²) < 4.78 is 40.4. The van der Waals surface area contributed by atoms with Gasteiger partial charge < -0.3 is 14.0 Å². The van der Waals surface area contributed by atoms with Gasteiger partial charge in [-0.05, 0) is 48.6 Å². The summed E-state index contributed by atoms with van der Waals surface area (Å²) in [5.74, 6) is -2.16. The molecular formula is C24H23F2NO4. The second kappa shape index (κ2) is 8.49. The Kier molecular flexibility index (Phi) is 5.76. The van der Waals surface area contributed by atoms with E-state index in [1.54, 1.807) is 24.3 Å². The molecule has 1 unspecified atom stereocenters. The Hall–Kier alpha value is -3.22. The maximum Gasteiger partial charge on any atom is 0.337 e. The molecule has 2 aromatic carbocycles. The summed E-state index contributed by atoms with van der Waals surface area (Å²) in [6, 6.07) is 9.13. The van der Waals surface area contributed by atoms with Crippen LogP contribution in [-0.2, 0) is 27.2 Å². The van der Waals surface area contributed by atoms with E-state index in [1.165, 1.54) is 20.3 Å². The van der Waals surface area contributed by atoms with Crippen LogP contribution in [0.1, 0.15) is 52.4 Å². The highest BCUT2D eigenvalue weighted by Crippen LogP contribution is 2.41. The van der Waals surface area contributed by atoms with Gasteiger partial charge in [0, 0.05) is 29.6 Å². The number of carbonyl (C=O) groups is 2. The molecule has 4 rings (SSSR count). The molecule has 1 heterocycles. The Labute approximate surface area is 178 Å². The molecule has 0 radical (unpaired) electrons. The molecule has 1 atom stereocenters. The van der Waals surface area contributed by atoms with Crippen LogP contribution in [0.5, 0.6) is 0 Å². The van der Waals surface area contributed by atoms with Crippen molar-refractivity contribution in [2.24, 2.45) is 0 Å². The minimum Gasteiger partial charge on any atom is -0.469 e. The van der Waals surface area contributed by atoms with E-state index in [0.29, 0.717) is 29.4 Å². The number of nitrogens with zero attached hydrogens (tertiary/aromatic N) is 1. The lowest BCUT2D eigenvalue weighted by Gasteiger charge is -2.25. The fraction of sp³-hybridized carbons (Fsp3) is 0.333. The van der Waals surface area contributed by atoms with Gasteiger partial charge in [-0.25, -0.2) is 13.6 Å². The molecule has 0 aliphatic heterocycles. The number of hydrogen-bond donors (Lipinski definition) is 0. The van der Waals surface area contributed by atoms with E-state index in [2.05, 4.69) is 0 Å². The van der Waals surface area contributed by atoms with Crippen LogP contribution in [0.25, 0.3) is 10.9 Å². The van der Waals surface area contributed by atoms with Crippen molar-refractivity contribution in [3.8, 4) is 0 Å². The van der Waals surface area contributed by atoms with Crippen LogP contribution >= 0.6 is 0 Å². The van der Waals surface area contributed by atoms with Crippen LogP contribution in [-0.4, -0.2) is 30.7 Å². The van der Waals surface area contributed by atoms with E-state index in [0.717, 1.165) is 35.7 Å². The number of carbonyl (C=O) groups excluding carboxylic acids is 2. The molecule has 1 aromatic heterocycles. The zero-order valence-corrected chi connectivity index (χ0v) is 17.4. The highest BCUT2D eigenvalue weighted by molar-refractivity contribution is 5.89. The number of aryl methyl sites for hydroxylation is 1. The van der Waals surface area contributed by atoms with Gasteiger partial charge in [0.15, 0.2) is 0 Å². The van der Waals surface area contributed by atoms with Crippen LogP contribution < -0.4 is 0 Å². The summed E-state index contributed by atoms with van der Waals surface area (Å²) in [5.41, 5.74) is 3.34. The highest BCUT2D eigenvalue weighted by Gasteiger charge is 2.31. The molecule has 0 fully saturated rings. The maximum atomic E-state index is 15.0. The van der Waals surface area contributed by atoms with E-state index in [4.69, 9.17) is 9.47 Å². The van der Waals surface area contributed by atoms with Gasteiger partial charge >= 0.3 is 11.9 Å². The lowest BCUT2D eigenvalue weighted by molar-refractivity contribution is -0.141. The fourth-order valence-electron chi connectivity index (χ4n) is 4.58. The van der Waals surface area contributed by atoms with Crippen molar-refractivity contribution in [1.29, 1.82) is 0 Å². The monoisotopic (exact) mass is 427 g/mol. The van der Waals surface area contributed by atoms with Gasteiger partial charge in [0.2, 0.25) is 0 Å². The van der Waals surface area contributed by atoms with Gasteiger partial charge in [0.25, 0.3) is 0 Å². The standard InChI is InChI=1S/C24H23F2NO4/c1-30-21(28)10-16-4-3-5-18-19-11-17(25)12-20(26)23(19)27(22(16)18)13-14-6-8-15(9-7-14)24(29)31-2/h6-9,11-12,16H,3-5,10,13H2,1-2H3. The number of rotatable bonds is 5. The van der Waals surface area contributed by atoms with Gasteiger partial charge in [-0.1, -0.05) is 12.1 Å². The third-order valence-corrected chi connectivity index (χ3v) is 5.95. The number of benzene rings is 2. The predicted molar refractivity (Wildman–Crippen MR) is 111 cm³/mol. The molecule has 5 nitrogen and oxygen atoms in total. The molecule has 0 N–H and O–H groups in total. The van der Waals surface area contributed by atoms with Gasteiger partial charge in [-0.15, -0.1) is 0 Å². The molecule has 0 bridgehead atoms. The molecule has 162 valence electrons. The van der Waals surface area contributed by atoms with E-state index >= 15 is 0 Å². The van der Waals surface area contributed by atoms with Crippen LogP contribution in [0.15, 0.2) is 36.4 Å². The number of esters is 2. The van der Waals surface area contributed by atoms with Crippen molar-refractivity contribution in [3.63, 3.8) is 0 Å². The summed E-state index contributed by atoms with van der Waals surface area (Å²) in [6.07, 6.45) is 2.48.